The second-order valence-electron chi connectivity index (χ2n) is 4.56. The van der Waals surface area contributed by atoms with Crippen molar-refractivity contribution in [2.45, 2.75) is 6.92 Å². The maximum absolute atomic E-state index is 11.8. The Labute approximate surface area is 137 Å². The quantitative estimate of drug-likeness (QED) is 0.637. The van der Waals surface area contributed by atoms with E-state index in [1.165, 1.54) is 0 Å². The van der Waals surface area contributed by atoms with Crippen LogP contribution in [0.5, 0.6) is 5.75 Å². The van der Waals surface area contributed by atoms with Crippen molar-refractivity contribution >= 4 is 24.0 Å². The zero-order valence-electron chi connectivity index (χ0n) is 13.3. The van der Waals surface area contributed by atoms with Crippen LogP contribution >= 0.6 is 12.4 Å². The molecule has 0 aliphatic rings. The predicted octanol–water partition coefficient (Wildman–Crippen LogP) is 1.62. The molecule has 22 heavy (non-hydrogen) atoms. The average Bonchev–Trinajstić information content (AvgIpc) is 2.47. The number of hydrogen-bond acceptors (Lipinski definition) is 5. The lowest BCUT2D eigenvalue weighted by Gasteiger charge is -2.13. The van der Waals surface area contributed by atoms with E-state index >= 15 is 0 Å². The molecule has 1 aromatic rings. The predicted molar refractivity (Wildman–Crippen MR) is 89.2 cm³/mol. The zero-order valence-corrected chi connectivity index (χ0v) is 14.1. The first-order chi connectivity index (χ1) is 10.2. The Morgan fingerprint density at radius 1 is 1.14 bits per heavy atom. The summed E-state index contributed by atoms with van der Waals surface area (Å²) in [6.07, 6.45) is 0. The number of methoxy groups -OCH3 is 2. The van der Waals surface area contributed by atoms with Gasteiger partial charge in [-0.15, -0.1) is 12.4 Å². The highest BCUT2D eigenvalue weighted by atomic mass is 35.5. The van der Waals surface area contributed by atoms with Crippen molar-refractivity contribution in [2.75, 3.05) is 52.4 Å². The maximum Gasteiger partial charge on any atom is 0.238 e. The summed E-state index contributed by atoms with van der Waals surface area (Å²) in [6, 6.07) is 5.66. The highest BCUT2D eigenvalue weighted by molar-refractivity contribution is 5.93. The lowest BCUT2D eigenvalue weighted by molar-refractivity contribution is -0.115. The number of ether oxygens (including phenoxy) is 3. The summed E-state index contributed by atoms with van der Waals surface area (Å²) in [6.45, 7) is 4.35. The number of carbonyl (C=O) groups is 1. The summed E-state index contributed by atoms with van der Waals surface area (Å²) in [5.74, 6) is 0.531. The SMILES string of the molecule is COCCNCC(=O)Nc1ccc(C)cc1OCCOC.Cl. The first-order valence-corrected chi connectivity index (χ1v) is 6.89. The molecule has 0 heterocycles. The fraction of sp³-hybridized carbons (Fsp3) is 0.533. The summed E-state index contributed by atoms with van der Waals surface area (Å²) in [4.78, 5) is 11.8. The van der Waals surface area contributed by atoms with Crippen molar-refractivity contribution in [3.8, 4) is 5.75 Å². The molecule has 0 aromatic heterocycles. The van der Waals surface area contributed by atoms with Gasteiger partial charge in [-0.25, -0.2) is 0 Å². The third-order valence-corrected chi connectivity index (χ3v) is 2.72. The van der Waals surface area contributed by atoms with Gasteiger partial charge in [0.15, 0.2) is 0 Å². The Balaban J connectivity index is 0.00000441. The van der Waals surface area contributed by atoms with Crippen LogP contribution in [-0.2, 0) is 14.3 Å². The summed E-state index contributed by atoms with van der Waals surface area (Å²) < 4.78 is 15.5. The van der Waals surface area contributed by atoms with E-state index < -0.39 is 0 Å². The van der Waals surface area contributed by atoms with E-state index in [2.05, 4.69) is 10.6 Å². The van der Waals surface area contributed by atoms with Crippen molar-refractivity contribution in [1.82, 2.24) is 5.32 Å². The highest BCUT2D eigenvalue weighted by Crippen LogP contribution is 2.25. The fourth-order valence-corrected chi connectivity index (χ4v) is 1.66. The lowest BCUT2D eigenvalue weighted by Crippen LogP contribution is -2.30. The molecule has 0 fully saturated rings. The lowest BCUT2D eigenvalue weighted by atomic mass is 10.2. The second-order valence-corrected chi connectivity index (χ2v) is 4.56. The maximum atomic E-state index is 11.8. The minimum absolute atomic E-state index is 0. The van der Waals surface area contributed by atoms with Crippen LogP contribution in [0.3, 0.4) is 0 Å². The Morgan fingerprint density at radius 2 is 1.86 bits per heavy atom. The number of halogens is 1. The first kappa shape index (κ1) is 20.7. The number of anilines is 1. The van der Waals surface area contributed by atoms with Gasteiger partial charge >= 0.3 is 0 Å². The van der Waals surface area contributed by atoms with Crippen molar-refractivity contribution in [3.63, 3.8) is 0 Å². The van der Waals surface area contributed by atoms with Crippen LogP contribution in [0.1, 0.15) is 5.56 Å². The van der Waals surface area contributed by atoms with Gasteiger partial charge in [0.1, 0.15) is 12.4 Å². The Kier molecular flexibility index (Phi) is 11.5. The molecule has 0 aliphatic heterocycles. The number of amides is 1. The molecular weight excluding hydrogens is 308 g/mol. The van der Waals surface area contributed by atoms with E-state index in [-0.39, 0.29) is 24.9 Å². The standard InChI is InChI=1S/C15H24N2O4.ClH/c1-12-4-5-13(14(10-12)21-9-8-20-3)17-15(18)11-16-6-7-19-2;/h4-5,10,16H,6-9,11H2,1-3H3,(H,17,18);1H. The fourth-order valence-electron chi connectivity index (χ4n) is 1.66. The molecule has 0 saturated heterocycles. The zero-order chi connectivity index (χ0) is 15.5. The van der Waals surface area contributed by atoms with Crippen LogP contribution in [0.15, 0.2) is 18.2 Å². The molecule has 0 unspecified atom stereocenters. The topological polar surface area (TPSA) is 68.8 Å². The van der Waals surface area contributed by atoms with E-state index in [1.807, 2.05) is 25.1 Å². The molecule has 126 valence electrons. The van der Waals surface area contributed by atoms with Gasteiger partial charge in [-0.3, -0.25) is 4.79 Å². The van der Waals surface area contributed by atoms with Crippen molar-refractivity contribution in [2.24, 2.45) is 0 Å². The molecule has 6 nitrogen and oxygen atoms in total. The molecular formula is C15H25ClN2O4. The number of hydrogen-bond donors (Lipinski definition) is 2. The molecule has 0 saturated carbocycles. The van der Waals surface area contributed by atoms with E-state index in [0.29, 0.717) is 37.8 Å². The van der Waals surface area contributed by atoms with Gasteiger partial charge in [-0.1, -0.05) is 6.07 Å². The smallest absolute Gasteiger partial charge is 0.238 e. The van der Waals surface area contributed by atoms with E-state index in [4.69, 9.17) is 14.2 Å². The molecule has 0 atom stereocenters. The van der Waals surface area contributed by atoms with Crippen LogP contribution in [0, 0.1) is 6.92 Å². The third-order valence-electron chi connectivity index (χ3n) is 2.72. The third kappa shape index (κ3) is 8.19. The van der Waals surface area contributed by atoms with Crippen LogP contribution in [-0.4, -0.2) is 53.0 Å². The molecule has 0 aliphatic carbocycles. The Hall–Kier alpha value is -1.34. The summed E-state index contributed by atoms with van der Waals surface area (Å²) in [5, 5.41) is 5.83. The van der Waals surface area contributed by atoms with Crippen LogP contribution < -0.4 is 15.4 Å². The van der Waals surface area contributed by atoms with Gasteiger partial charge in [0.2, 0.25) is 5.91 Å². The normalized spacial score (nSPS) is 9.95. The van der Waals surface area contributed by atoms with Gasteiger partial charge in [-0.05, 0) is 24.6 Å². The average molecular weight is 333 g/mol. The number of benzene rings is 1. The van der Waals surface area contributed by atoms with Gasteiger partial charge in [-0.2, -0.15) is 0 Å². The Morgan fingerprint density at radius 3 is 2.55 bits per heavy atom. The monoisotopic (exact) mass is 332 g/mol. The molecule has 1 aromatic carbocycles. The molecule has 1 rings (SSSR count). The second kappa shape index (κ2) is 12.2. The van der Waals surface area contributed by atoms with Crippen LogP contribution in [0.25, 0.3) is 0 Å². The van der Waals surface area contributed by atoms with Crippen molar-refractivity contribution in [3.05, 3.63) is 23.8 Å². The van der Waals surface area contributed by atoms with Gasteiger partial charge in [0.05, 0.1) is 25.4 Å². The van der Waals surface area contributed by atoms with E-state index in [1.54, 1.807) is 14.2 Å². The summed E-state index contributed by atoms with van der Waals surface area (Å²) >= 11 is 0. The molecule has 0 spiro atoms. The van der Waals surface area contributed by atoms with E-state index in [0.717, 1.165) is 5.56 Å². The van der Waals surface area contributed by atoms with Crippen molar-refractivity contribution < 1.29 is 19.0 Å². The minimum atomic E-state index is -0.119. The molecule has 1 amide bonds. The minimum Gasteiger partial charge on any atom is -0.489 e. The van der Waals surface area contributed by atoms with E-state index in [9.17, 15) is 4.79 Å². The molecule has 0 bridgehead atoms. The van der Waals surface area contributed by atoms with Gasteiger partial charge < -0.3 is 24.8 Å². The molecule has 2 N–H and O–H groups in total. The number of aryl methyl sites for hydroxylation is 1. The molecule has 7 heteroatoms. The first-order valence-electron chi connectivity index (χ1n) is 6.89. The van der Waals surface area contributed by atoms with Crippen molar-refractivity contribution in [1.29, 1.82) is 0 Å². The molecule has 0 radical (unpaired) electrons. The largest absolute Gasteiger partial charge is 0.489 e. The number of nitrogens with one attached hydrogen (secondary N) is 2. The summed E-state index contributed by atoms with van der Waals surface area (Å²) in [7, 11) is 3.24. The highest BCUT2D eigenvalue weighted by Gasteiger charge is 2.08. The van der Waals surface area contributed by atoms with Gasteiger partial charge in [0.25, 0.3) is 0 Å². The van der Waals surface area contributed by atoms with Crippen LogP contribution in [0.4, 0.5) is 5.69 Å². The number of rotatable bonds is 10. The number of carbonyl (C=O) groups excluding carboxylic acids is 1. The Bertz CT molecular complexity index is 444. The summed E-state index contributed by atoms with van der Waals surface area (Å²) in [5.41, 5.74) is 1.73. The van der Waals surface area contributed by atoms with Gasteiger partial charge in [0, 0.05) is 20.8 Å². The van der Waals surface area contributed by atoms with Crippen LogP contribution in [0.2, 0.25) is 0 Å².